The minimum Gasteiger partial charge on any atom is -0.508 e. The number of phenolic OH excluding ortho intramolecular Hbond substituents is 1. The average molecular weight is 414 g/mol. The van der Waals surface area contributed by atoms with Crippen molar-refractivity contribution in [2.45, 2.75) is 25.7 Å². The van der Waals surface area contributed by atoms with E-state index in [2.05, 4.69) is 0 Å². The van der Waals surface area contributed by atoms with E-state index in [-0.39, 0.29) is 34.4 Å². The van der Waals surface area contributed by atoms with Crippen LogP contribution in [-0.4, -0.2) is 48.1 Å². The van der Waals surface area contributed by atoms with Crippen LogP contribution < -0.4 is 9.47 Å². The molecule has 1 amide bonds. The van der Waals surface area contributed by atoms with E-state index in [1.165, 1.54) is 31.9 Å². The number of aromatic hydroxyl groups is 1. The summed E-state index contributed by atoms with van der Waals surface area (Å²) in [5, 5.41) is 20.9. The zero-order valence-electron chi connectivity index (χ0n) is 17.2. The molecule has 1 N–H and O–H groups in total. The number of aryl methyl sites for hydroxylation is 1. The molecule has 0 aliphatic carbocycles. The summed E-state index contributed by atoms with van der Waals surface area (Å²) in [6, 6.07) is 9.83. The Balaban J connectivity index is 1.64. The molecule has 0 unspecified atom stereocenters. The van der Waals surface area contributed by atoms with Gasteiger partial charge in [0.2, 0.25) is 0 Å². The van der Waals surface area contributed by atoms with E-state index in [0.717, 1.165) is 25.7 Å². The third kappa shape index (κ3) is 4.82. The summed E-state index contributed by atoms with van der Waals surface area (Å²) in [5.41, 5.74) is 0.902. The number of carbonyl (C=O) groups is 1. The topological polar surface area (TPSA) is 102 Å². The highest BCUT2D eigenvalue weighted by molar-refractivity contribution is 5.99. The Bertz CT molecular complexity index is 905. The number of nitro benzene ring substituents is 1. The number of hydrogen-bond donors (Lipinski definition) is 1. The van der Waals surface area contributed by atoms with Crippen LogP contribution in [0, 0.1) is 16.0 Å². The fourth-order valence-corrected chi connectivity index (χ4v) is 3.82. The number of nitrogens with zero attached hydrogens (tertiary/aromatic N) is 2. The van der Waals surface area contributed by atoms with Gasteiger partial charge < -0.3 is 19.5 Å². The molecule has 0 aromatic heterocycles. The smallest absolute Gasteiger partial charge is 0.286 e. The average Bonchev–Trinajstić information content (AvgIpc) is 2.77. The molecule has 0 spiro atoms. The summed E-state index contributed by atoms with van der Waals surface area (Å²) in [4.78, 5) is 25.6. The highest BCUT2D eigenvalue weighted by Crippen LogP contribution is 2.35. The number of likely N-dealkylation sites (tertiary alicyclic amines) is 1. The quantitative estimate of drug-likeness (QED) is 0.546. The second-order valence-corrected chi connectivity index (χ2v) is 7.42. The molecule has 1 heterocycles. The molecule has 1 fully saturated rings. The molecule has 1 aliphatic heterocycles. The zero-order valence-corrected chi connectivity index (χ0v) is 17.2. The fourth-order valence-electron chi connectivity index (χ4n) is 3.82. The van der Waals surface area contributed by atoms with E-state index in [1.807, 2.05) is 12.1 Å². The van der Waals surface area contributed by atoms with Gasteiger partial charge in [-0.15, -0.1) is 0 Å². The third-order valence-electron chi connectivity index (χ3n) is 5.61. The van der Waals surface area contributed by atoms with E-state index >= 15 is 0 Å². The number of ether oxygens (including phenoxy) is 2. The van der Waals surface area contributed by atoms with Crippen molar-refractivity contribution in [2.24, 2.45) is 5.92 Å². The molecule has 0 saturated carbocycles. The van der Waals surface area contributed by atoms with Crippen LogP contribution in [0.1, 0.15) is 35.2 Å². The molecule has 1 aliphatic rings. The number of phenols is 1. The molecule has 8 nitrogen and oxygen atoms in total. The van der Waals surface area contributed by atoms with Gasteiger partial charge in [0.1, 0.15) is 11.3 Å². The number of nitro groups is 1. The van der Waals surface area contributed by atoms with Crippen LogP contribution in [-0.2, 0) is 6.42 Å². The Morgan fingerprint density at radius 3 is 2.30 bits per heavy atom. The van der Waals surface area contributed by atoms with Gasteiger partial charge in [-0.2, -0.15) is 0 Å². The van der Waals surface area contributed by atoms with Crippen molar-refractivity contribution in [3.05, 3.63) is 57.6 Å². The first kappa shape index (κ1) is 21.4. The van der Waals surface area contributed by atoms with Gasteiger partial charge in [0.25, 0.3) is 11.6 Å². The first-order valence-corrected chi connectivity index (χ1v) is 9.90. The Kier molecular flexibility index (Phi) is 6.76. The molecular formula is C22H26N2O6. The maximum absolute atomic E-state index is 13.0. The number of carbonyl (C=O) groups excluding carboxylic acids is 1. The summed E-state index contributed by atoms with van der Waals surface area (Å²) in [7, 11) is 2.82. The molecule has 2 aromatic carbocycles. The van der Waals surface area contributed by atoms with Gasteiger partial charge in [-0.1, -0.05) is 12.1 Å². The summed E-state index contributed by atoms with van der Waals surface area (Å²) in [6.07, 6.45) is 3.62. The predicted molar refractivity (Wildman–Crippen MR) is 111 cm³/mol. The number of amides is 1. The van der Waals surface area contributed by atoms with E-state index in [4.69, 9.17) is 9.47 Å². The van der Waals surface area contributed by atoms with Crippen LogP contribution in [0.2, 0.25) is 0 Å². The second kappa shape index (κ2) is 9.47. The number of benzene rings is 2. The van der Waals surface area contributed by atoms with Crippen LogP contribution in [0.4, 0.5) is 5.69 Å². The van der Waals surface area contributed by atoms with Crippen molar-refractivity contribution in [1.29, 1.82) is 0 Å². The van der Waals surface area contributed by atoms with E-state index < -0.39 is 4.92 Å². The standard InChI is InChI=1S/C22H26N2O6/c1-29-20-13-18(19(24(27)28)14-21(20)30-2)22(26)23-11-9-16(10-12-23)4-3-15-5-7-17(25)8-6-15/h5-8,13-14,16,25H,3-4,9-12H2,1-2H3. The lowest BCUT2D eigenvalue weighted by molar-refractivity contribution is -0.385. The number of hydrogen-bond acceptors (Lipinski definition) is 6. The maximum atomic E-state index is 13.0. The minimum atomic E-state index is -0.570. The van der Waals surface area contributed by atoms with Gasteiger partial charge in [0.05, 0.1) is 25.2 Å². The van der Waals surface area contributed by atoms with Crippen LogP contribution in [0.15, 0.2) is 36.4 Å². The molecule has 160 valence electrons. The highest BCUT2D eigenvalue weighted by Gasteiger charge is 2.30. The molecule has 8 heteroatoms. The lowest BCUT2D eigenvalue weighted by Crippen LogP contribution is -2.38. The molecule has 0 atom stereocenters. The molecule has 3 rings (SSSR count). The van der Waals surface area contributed by atoms with Gasteiger partial charge in [-0.25, -0.2) is 0 Å². The molecule has 2 aromatic rings. The molecule has 30 heavy (non-hydrogen) atoms. The first-order chi connectivity index (χ1) is 14.4. The SMILES string of the molecule is COc1cc(C(=O)N2CCC(CCc3ccc(O)cc3)CC2)c([N+](=O)[O-])cc1OC. The number of piperidine rings is 1. The van der Waals surface area contributed by atoms with Crippen LogP contribution in [0.5, 0.6) is 17.2 Å². The van der Waals surface area contributed by atoms with Gasteiger partial charge in [0, 0.05) is 19.2 Å². The van der Waals surface area contributed by atoms with Crippen molar-refractivity contribution in [3.63, 3.8) is 0 Å². The largest absolute Gasteiger partial charge is 0.508 e. The summed E-state index contributed by atoms with van der Waals surface area (Å²) < 4.78 is 10.3. The van der Waals surface area contributed by atoms with Gasteiger partial charge in [-0.3, -0.25) is 14.9 Å². The zero-order chi connectivity index (χ0) is 21.7. The first-order valence-electron chi connectivity index (χ1n) is 9.90. The van der Waals surface area contributed by atoms with E-state index in [0.29, 0.717) is 19.0 Å². The lowest BCUT2D eigenvalue weighted by Gasteiger charge is -2.32. The monoisotopic (exact) mass is 414 g/mol. The Hall–Kier alpha value is -3.29. The number of methoxy groups -OCH3 is 2. The van der Waals surface area contributed by atoms with Gasteiger partial charge in [-0.05, 0) is 49.3 Å². The van der Waals surface area contributed by atoms with E-state index in [1.54, 1.807) is 17.0 Å². The lowest BCUT2D eigenvalue weighted by atomic mass is 9.90. The fraction of sp³-hybridized carbons (Fsp3) is 0.409. The Morgan fingerprint density at radius 1 is 1.13 bits per heavy atom. The van der Waals surface area contributed by atoms with Crippen molar-refractivity contribution < 1.29 is 24.3 Å². The summed E-state index contributed by atoms with van der Waals surface area (Å²) >= 11 is 0. The molecule has 0 bridgehead atoms. The maximum Gasteiger partial charge on any atom is 0.286 e. The predicted octanol–water partition coefficient (Wildman–Crippen LogP) is 3.80. The van der Waals surface area contributed by atoms with Crippen molar-refractivity contribution in [3.8, 4) is 17.2 Å². The Labute approximate surface area is 175 Å². The third-order valence-corrected chi connectivity index (χ3v) is 5.61. The van der Waals surface area contributed by atoms with Crippen LogP contribution in [0.3, 0.4) is 0 Å². The summed E-state index contributed by atoms with van der Waals surface area (Å²) in [5.74, 6) is 0.890. The van der Waals surface area contributed by atoms with E-state index in [9.17, 15) is 20.0 Å². The second-order valence-electron chi connectivity index (χ2n) is 7.42. The van der Waals surface area contributed by atoms with Gasteiger partial charge in [0.15, 0.2) is 11.5 Å². The number of rotatable bonds is 7. The molecular weight excluding hydrogens is 388 g/mol. The Morgan fingerprint density at radius 2 is 1.73 bits per heavy atom. The minimum absolute atomic E-state index is 0.0141. The van der Waals surface area contributed by atoms with Crippen molar-refractivity contribution in [2.75, 3.05) is 27.3 Å². The van der Waals surface area contributed by atoms with Gasteiger partial charge >= 0.3 is 0 Å². The van der Waals surface area contributed by atoms with Crippen LogP contribution >= 0.6 is 0 Å². The highest BCUT2D eigenvalue weighted by atomic mass is 16.6. The molecule has 0 radical (unpaired) electrons. The normalized spacial score (nSPS) is 14.4. The van der Waals surface area contributed by atoms with Crippen LogP contribution in [0.25, 0.3) is 0 Å². The van der Waals surface area contributed by atoms with Crippen molar-refractivity contribution >= 4 is 11.6 Å². The molecule has 1 saturated heterocycles. The van der Waals surface area contributed by atoms with Crippen molar-refractivity contribution in [1.82, 2.24) is 4.90 Å². The summed E-state index contributed by atoms with van der Waals surface area (Å²) in [6.45, 7) is 1.12.